The lowest BCUT2D eigenvalue weighted by molar-refractivity contribution is -0.145. The zero-order valence-electron chi connectivity index (χ0n) is 10.2. The van der Waals surface area contributed by atoms with Crippen molar-refractivity contribution >= 4 is 5.97 Å². The van der Waals surface area contributed by atoms with E-state index in [0.717, 1.165) is 19.4 Å². The third kappa shape index (κ3) is 5.30. The first-order chi connectivity index (χ1) is 8.13. The normalized spacial score (nSPS) is 21.2. The summed E-state index contributed by atoms with van der Waals surface area (Å²) in [7, 11) is 0. The quantitative estimate of drug-likeness (QED) is 0.526. The Bertz CT molecular complexity index is 258. The minimum absolute atomic E-state index is 0.0366. The number of carbonyl (C=O) groups excluding carboxylic acids is 1. The summed E-state index contributed by atoms with van der Waals surface area (Å²) in [6.07, 6.45) is 1.62. The number of rotatable bonds is 7. The van der Waals surface area contributed by atoms with Gasteiger partial charge in [-0.05, 0) is 19.8 Å². The monoisotopic (exact) mass is 244 g/mol. The van der Waals surface area contributed by atoms with E-state index in [1.807, 2.05) is 0 Å². The van der Waals surface area contributed by atoms with Gasteiger partial charge in [-0.25, -0.2) is 4.79 Å². The van der Waals surface area contributed by atoms with Crippen LogP contribution in [-0.2, 0) is 19.0 Å². The topological polar surface area (TPSA) is 65.0 Å². The van der Waals surface area contributed by atoms with Crippen LogP contribution in [-0.4, -0.2) is 49.7 Å². The van der Waals surface area contributed by atoms with Gasteiger partial charge in [-0.1, -0.05) is 6.58 Å². The van der Waals surface area contributed by atoms with E-state index in [9.17, 15) is 4.79 Å². The average Bonchev–Trinajstić information content (AvgIpc) is 2.81. The molecule has 0 aromatic carbocycles. The molecular weight excluding hydrogens is 224 g/mol. The highest BCUT2D eigenvalue weighted by atomic mass is 16.6. The summed E-state index contributed by atoms with van der Waals surface area (Å²) in [5, 5.41) is 9.07. The molecule has 0 aliphatic carbocycles. The van der Waals surface area contributed by atoms with Crippen LogP contribution in [0.2, 0.25) is 0 Å². The summed E-state index contributed by atoms with van der Waals surface area (Å²) in [5.74, 6) is -0.468. The number of aliphatic hydroxyl groups is 1. The summed E-state index contributed by atoms with van der Waals surface area (Å²) in [6.45, 7) is 6.09. The Balaban J connectivity index is 2.18. The van der Waals surface area contributed by atoms with Crippen LogP contribution in [0.15, 0.2) is 12.2 Å². The Labute approximate surface area is 101 Å². The van der Waals surface area contributed by atoms with E-state index in [1.54, 1.807) is 6.92 Å². The highest BCUT2D eigenvalue weighted by molar-refractivity contribution is 5.86. The largest absolute Gasteiger partial charge is 0.459 e. The van der Waals surface area contributed by atoms with Crippen LogP contribution in [0.3, 0.4) is 0 Å². The molecule has 0 saturated carbocycles. The highest BCUT2D eigenvalue weighted by Gasteiger charge is 2.19. The SMILES string of the molecule is C=C(C)C(=O)OCC(CO)OCC1CCCO1. The maximum atomic E-state index is 11.1. The second-order valence-corrected chi connectivity index (χ2v) is 4.15. The maximum absolute atomic E-state index is 11.1. The number of ether oxygens (including phenoxy) is 3. The molecule has 17 heavy (non-hydrogen) atoms. The van der Waals surface area contributed by atoms with Gasteiger partial charge < -0.3 is 19.3 Å². The van der Waals surface area contributed by atoms with Crippen molar-refractivity contribution < 1.29 is 24.1 Å². The van der Waals surface area contributed by atoms with Gasteiger partial charge in [-0.2, -0.15) is 0 Å². The van der Waals surface area contributed by atoms with Crippen LogP contribution in [0, 0.1) is 0 Å². The lowest BCUT2D eigenvalue weighted by atomic mass is 10.2. The first kappa shape index (κ1) is 14.2. The van der Waals surface area contributed by atoms with E-state index < -0.39 is 12.1 Å². The Morgan fingerprint density at radius 2 is 2.41 bits per heavy atom. The van der Waals surface area contributed by atoms with Crippen LogP contribution in [0.1, 0.15) is 19.8 Å². The fourth-order valence-electron chi connectivity index (χ4n) is 1.46. The summed E-state index contributed by atoms with van der Waals surface area (Å²) < 4.78 is 15.7. The first-order valence-electron chi connectivity index (χ1n) is 5.80. The van der Waals surface area contributed by atoms with Gasteiger partial charge in [0.1, 0.15) is 12.7 Å². The average molecular weight is 244 g/mol. The second kappa shape index (κ2) is 7.42. The van der Waals surface area contributed by atoms with Gasteiger partial charge >= 0.3 is 5.97 Å². The molecular formula is C12H20O5. The Hall–Kier alpha value is -0.910. The molecule has 1 rings (SSSR count). The van der Waals surface area contributed by atoms with E-state index in [0.29, 0.717) is 12.2 Å². The Morgan fingerprint density at radius 3 is 2.94 bits per heavy atom. The van der Waals surface area contributed by atoms with Crippen molar-refractivity contribution in [3.8, 4) is 0 Å². The molecule has 1 N–H and O–H groups in total. The van der Waals surface area contributed by atoms with Crippen LogP contribution < -0.4 is 0 Å². The first-order valence-corrected chi connectivity index (χ1v) is 5.80. The summed E-state index contributed by atoms with van der Waals surface area (Å²) in [4.78, 5) is 11.1. The number of esters is 1. The predicted octanol–water partition coefficient (Wildman–Crippen LogP) is 0.662. The number of hydrogen-bond acceptors (Lipinski definition) is 5. The maximum Gasteiger partial charge on any atom is 0.333 e. The lowest BCUT2D eigenvalue weighted by Crippen LogP contribution is -2.29. The van der Waals surface area contributed by atoms with Gasteiger partial charge in [0.15, 0.2) is 0 Å². The second-order valence-electron chi connectivity index (χ2n) is 4.15. The van der Waals surface area contributed by atoms with Crippen LogP contribution in [0.5, 0.6) is 0 Å². The molecule has 0 spiro atoms. The van der Waals surface area contributed by atoms with Crippen LogP contribution >= 0.6 is 0 Å². The Kier molecular flexibility index (Phi) is 6.18. The van der Waals surface area contributed by atoms with E-state index in [-0.39, 0.29) is 19.3 Å². The zero-order valence-corrected chi connectivity index (χ0v) is 10.2. The fraction of sp³-hybridized carbons (Fsp3) is 0.750. The molecule has 1 heterocycles. The minimum atomic E-state index is -0.498. The molecule has 1 saturated heterocycles. The smallest absolute Gasteiger partial charge is 0.333 e. The Morgan fingerprint density at radius 1 is 1.65 bits per heavy atom. The molecule has 0 aromatic rings. The van der Waals surface area contributed by atoms with E-state index in [2.05, 4.69) is 6.58 Å². The molecule has 1 aliphatic rings. The fourth-order valence-corrected chi connectivity index (χ4v) is 1.46. The number of aliphatic hydroxyl groups excluding tert-OH is 1. The van der Waals surface area contributed by atoms with Crippen LogP contribution in [0.4, 0.5) is 0 Å². The summed E-state index contributed by atoms with van der Waals surface area (Å²) in [6, 6.07) is 0. The predicted molar refractivity (Wildman–Crippen MR) is 61.6 cm³/mol. The van der Waals surface area contributed by atoms with Crippen molar-refractivity contribution in [2.24, 2.45) is 0 Å². The van der Waals surface area contributed by atoms with Crippen molar-refractivity contribution in [1.82, 2.24) is 0 Å². The van der Waals surface area contributed by atoms with Crippen molar-refractivity contribution in [2.45, 2.75) is 32.0 Å². The van der Waals surface area contributed by atoms with E-state index in [4.69, 9.17) is 19.3 Å². The van der Waals surface area contributed by atoms with Crippen molar-refractivity contribution in [1.29, 1.82) is 0 Å². The summed E-state index contributed by atoms with van der Waals surface area (Å²) >= 11 is 0. The van der Waals surface area contributed by atoms with Gasteiger partial charge in [0.25, 0.3) is 0 Å². The minimum Gasteiger partial charge on any atom is -0.459 e. The highest BCUT2D eigenvalue weighted by Crippen LogP contribution is 2.12. The van der Waals surface area contributed by atoms with E-state index >= 15 is 0 Å². The van der Waals surface area contributed by atoms with Gasteiger partial charge in [0, 0.05) is 12.2 Å². The van der Waals surface area contributed by atoms with Crippen LogP contribution in [0.25, 0.3) is 0 Å². The standard InChI is InChI=1S/C12H20O5/c1-9(2)12(14)17-8-11(6-13)16-7-10-4-3-5-15-10/h10-11,13H,1,3-8H2,2H3. The molecule has 98 valence electrons. The molecule has 1 aliphatic heterocycles. The van der Waals surface area contributed by atoms with Gasteiger partial charge in [0.2, 0.25) is 0 Å². The lowest BCUT2D eigenvalue weighted by Gasteiger charge is -2.18. The van der Waals surface area contributed by atoms with Crippen molar-refractivity contribution in [3.63, 3.8) is 0 Å². The third-order valence-corrected chi connectivity index (χ3v) is 2.49. The molecule has 0 aromatic heterocycles. The van der Waals surface area contributed by atoms with Crippen molar-refractivity contribution in [3.05, 3.63) is 12.2 Å². The molecule has 2 unspecified atom stereocenters. The summed E-state index contributed by atoms with van der Waals surface area (Å²) in [5.41, 5.74) is 0.334. The van der Waals surface area contributed by atoms with Crippen molar-refractivity contribution in [2.75, 3.05) is 26.4 Å². The number of carbonyl (C=O) groups is 1. The van der Waals surface area contributed by atoms with Gasteiger partial charge in [-0.15, -0.1) is 0 Å². The third-order valence-electron chi connectivity index (χ3n) is 2.49. The molecule has 5 nitrogen and oxygen atoms in total. The molecule has 0 amide bonds. The molecule has 1 fully saturated rings. The van der Waals surface area contributed by atoms with Gasteiger partial charge in [0.05, 0.1) is 19.3 Å². The molecule has 5 heteroatoms. The van der Waals surface area contributed by atoms with Gasteiger partial charge in [-0.3, -0.25) is 0 Å². The van der Waals surface area contributed by atoms with E-state index in [1.165, 1.54) is 0 Å². The molecule has 2 atom stereocenters. The number of hydrogen-bond donors (Lipinski definition) is 1. The molecule has 0 bridgehead atoms. The zero-order chi connectivity index (χ0) is 12.7. The molecule has 0 radical (unpaired) electrons.